The molecule has 4 nitrogen and oxygen atoms in total. The number of hydrogen-bond donors (Lipinski definition) is 2. The fraction of sp³-hybridized carbons (Fsp3) is 0.0769. The van der Waals surface area contributed by atoms with Crippen molar-refractivity contribution in [3.05, 3.63) is 58.1 Å². The van der Waals surface area contributed by atoms with E-state index in [1.807, 2.05) is 4.72 Å². The van der Waals surface area contributed by atoms with Gasteiger partial charge in [0.15, 0.2) is 0 Å². The molecule has 8 heteroatoms. The van der Waals surface area contributed by atoms with Crippen molar-refractivity contribution in [2.24, 2.45) is 5.73 Å². The Morgan fingerprint density at radius 3 is 2.38 bits per heavy atom. The summed E-state index contributed by atoms with van der Waals surface area (Å²) in [5.41, 5.74) is 5.55. The largest absolute Gasteiger partial charge is 0.326 e. The average Bonchev–Trinajstić information content (AvgIpc) is 2.41. The highest BCUT2D eigenvalue weighted by Crippen LogP contribution is 2.24. The summed E-state index contributed by atoms with van der Waals surface area (Å²) in [5, 5.41) is 0. The van der Waals surface area contributed by atoms with Crippen LogP contribution in [0, 0.1) is 11.6 Å². The van der Waals surface area contributed by atoms with Crippen molar-refractivity contribution in [2.75, 3.05) is 4.72 Å². The predicted octanol–water partition coefficient (Wildman–Crippen LogP) is 2.99. The van der Waals surface area contributed by atoms with Crippen molar-refractivity contribution in [3.8, 4) is 0 Å². The summed E-state index contributed by atoms with van der Waals surface area (Å²) < 4.78 is 54.1. The molecule has 0 unspecified atom stereocenters. The molecule has 0 aliphatic heterocycles. The Hall–Kier alpha value is -1.51. The van der Waals surface area contributed by atoms with Gasteiger partial charge in [0, 0.05) is 11.0 Å². The maximum atomic E-state index is 13.8. The van der Waals surface area contributed by atoms with Gasteiger partial charge in [0.1, 0.15) is 16.5 Å². The van der Waals surface area contributed by atoms with E-state index in [-0.39, 0.29) is 12.2 Å². The molecule has 0 radical (unpaired) electrons. The molecule has 21 heavy (non-hydrogen) atoms. The fourth-order valence-electron chi connectivity index (χ4n) is 1.66. The molecule has 0 spiro atoms. The summed E-state index contributed by atoms with van der Waals surface area (Å²) >= 11 is 3.06. The Morgan fingerprint density at radius 1 is 1.10 bits per heavy atom. The molecule has 0 aliphatic carbocycles. The van der Waals surface area contributed by atoms with Gasteiger partial charge in [0.2, 0.25) is 0 Å². The Morgan fingerprint density at radius 2 is 1.81 bits per heavy atom. The van der Waals surface area contributed by atoms with Gasteiger partial charge >= 0.3 is 0 Å². The minimum Gasteiger partial charge on any atom is -0.326 e. The van der Waals surface area contributed by atoms with Crippen LogP contribution in [0.2, 0.25) is 0 Å². The number of halogens is 3. The van der Waals surface area contributed by atoms with Gasteiger partial charge in [-0.2, -0.15) is 0 Å². The lowest BCUT2D eigenvalue weighted by molar-refractivity contribution is 0.568. The van der Waals surface area contributed by atoms with E-state index in [0.717, 1.165) is 18.2 Å². The molecule has 0 saturated carbocycles. The summed E-state index contributed by atoms with van der Waals surface area (Å²) in [4.78, 5) is -0.568. The van der Waals surface area contributed by atoms with E-state index in [1.165, 1.54) is 18.2 Å². The Labute approximate surface area is 129 Å². The predicted molar refractivity (Wildman–Crippen MR) is 79.2 cm³/mol. The first kappa shape index (κ1) is 15.9. The molecule has 0 amide bonds. The molecule has 0 heterocycles. The van der Waals surface area contributed by atoms with Gasteiger partial charge in [0.05, 0.1) is 5.69 Å². The summed E-state index contributed by atoms with van der Waals surface area (Å²) in [6.45, 7) is 0.0893. The smallest absolute Gasteiger partial charge is 0.264 e. The molecule has 112 valence electrons. The minimum absolute atomic E-state index is 0.0893. The zero-order valence-corrected chi connectivity index (χ0v) is 13.0. The number of sulfonamides is 1. The van der Waals surface area contributed by atoms with Crippen molar-refractivity contribution >= 4 is 31.6 Å². The topological polar surface area (TPSA) is 72.2 Å². The average molecular weight is 377 g/mol. The van der Waals surface area contributed by atoms with Crippen LogP contribution in [0.15, 0.2) is 45.8 Å². The van der Waals surface area contributed by atoms with E-state index in [0.29, 0.717) is 10.0 Å². The van der Waals surface area contributed by atoms with Crippen LogP contribution >= 0.6 is 15.9 Å². The number of rotatable bonds is 4. The summed E-state index contributed by atoms with van der Waals surface area (Å²) in [6, 6.07) is 7.34. The lowest BCUT2D eigenvalue weighted by Crippen LogP contribution is -2.16. The zero-order chi connectivity index (χ0) is 15.6. The standard InChI is InChI=1S/C13H11BrF2N2O2S/c14-9-2-3-12(10(15)6-9)18-21(19,20)13-4-1-8(7-17)5-11(13)16/h1-6,18H,7,17H2. The first-order chi connectivity index (χ1) is 9.83. The second-order valence-corrected chi connectivity index (χ2v) is 6.77. The van der Waals surface area contributed by atoms with Crippen molar-refractivity contribution in [3.63, 3.8) is 0 Å². The second kappa shape index (κ2) is 6.08. The van der Waals surface area contributed by atoms with Crippen molar-refractivity contribution in [2.45, 2.75) is 11.4 Å². The van der Waals surface area contributed by atoms with Gasteiger partial charge < -0.3 is 5.73 Å². The van der Waals surface area contributed by atoms with Gasteiger partial charge in [-0.1, -0.05) is 22.0 Å². The first-order valence-electron chi connectivity index (χ1n) is 5.80. The monoisotopic (exact) mass is 376 g/mol. The lowest BCUT2D eigenvalue weighted by Gasteiger charge is -2.10. The molecule has 2 rings (SSSR count). The molecular formula is C13H11BrF2N2O2S. The molecule has 0 saturated heterocycles. The highest BCUT2D eigenvalue weighted by atomic mass is 79.9. The highest BCUT2D eigenvalue weighted by Gasteiger charge is 2.20. The Kier molecular flexibility index (Phi) is 4.60. The minimum atomic E-state index is -4.23. The molecule has 0 aliphatic rings. The fourth-order valence-corrected chi connectivity index (χ4v) is 3.12. The molecule has 0 bridgehead atoms. The third-order valence-corrected chi connectivity index (χ3v) is 4.59. The van der Waals surface area contributed by atoms with E-state index in [4.69, 9.17) is 5.73 Å². The number of nitrogens with one attached hydrogen (secondary N) is 1. The van der Waals surface area contributed by atoms with Crippen LogP contribution in [-0.2, 0) is 16.6 Å². The van der Waals surface area contributed by atoms with Crippen molar-refractivity contribution in [1.82, 2.24) is 0 Å². The Bertz CT molecular complexity index is 782. The van der Waals surface area contributed by atoms with E-state index in [9.17, 15) is 17.2 Å². The molecule has 0 fully saturated rings. The van der Waals surface area contributed by atoms with Gasteiger partial charge in [0.25, 0.3) is 10.0 Å². The van der Waals surface area contributed by atoms with Crippen molar-refractivity contribution in [1.29, 1.82) is 0 Å². The van der Waals surface area contributed by atoms with Gasteiger partial charge in [-0.15, -0.1) is 0 Å². The van der Waals surface area contributed by atoms with E-state index in [1.54, 1.807) is 0 Å². The van der Waals surface area contributed by atoms with E-state index in [2.05, 4.69) is 15.9 Å². The summed E-state index contributed by atoms with van der Waals surface area (Å²) in [5.74, 6) is -1.71. The highest BCUT2D eigenvalue weighted by molar-refractivity contribution is 9.10. The SMILES string of the molecule is NCc1ccc(S(=O)(=O)Nc2ccc(Br)cc2F)c(F)c1. The number of hydrogen-bond acceptors (Lipinski definition) is 3. The first-order valence-corrected chi connectivity index (χ1v) is 8.07. The normalized spacial score (nSPS) is 11.4. The van der Waals surface area contributed by atoms with Crippen LogP contribution in [0.3, 0.4) is 0 Å². The van der Waals surface area contributed by atoms with Crippen molar-refractivity contribution < 1.29 is 17.2 Å². The molecule has 3 N–H and O–H groups in total. The molecule has 2 aromatic rings. The maximum Gasteiger partial charge on any atom is 0.264 e. The quantitative estimate of drug-likeness (QED) is 0.861. The molecule has 2 aromatic carbocycles. The number of nitrogens with two attached hydrogens (primary N) is 1. The van der Waals surface area contributed by atoms with Crippen LogP contribution < -0.4 is 10.5 Å². The third kappa shape index (κ3) is 3.58. The Balaban J connectivity index is 2.38. The third-order valence-electron chi connectivity index (χ3n) is 2.70. The number of anilines is 1. The second-order valence-electron chi connectivity index (χ2n) is 4.20. The summed E-state index contributed by atoms with van der Waals surface area (Å²) in [6.07, 6.45) is 0. The van der Waals surface area contributed by atoms with Gasteiger partial charge in [-0.3, -0.25) is 4.72 Å². The van der Waals surface area contributed by atoms with Crippen LogP contribution in [0.5, 0.6) is 0 Å². The lowest BCUT2D eigenvalue weighted by atomic mass is 10.2. The van der Waals surface area contributed by atoms with Crippen LogP contribution in [0.1, 0.15) is 5.56 Å². The van der Waals surface area contributed by atoms with E-state index >= 15 is 0 Å². The number of benzene rings is 2. The van der Waals surface area contributed by atoms with E-state index < -0.39 is 26.6 Å². The molecule has 0 atom stereocenters. The molecular weight excluding hydrogens is 366 g/mol. The maximum absolute atomic E-state index is 13.8. The zero-order valence-electron chi connectivity index (χ0n) is 10.6. The van der Waals surface area contributed by atoms with Crippen LogP contribution in [-0.4, -0.2) is 8.42 Å². The van der Waals surface area contributed by atoms with Crippen LogP contribution in [0.25, 0.3) is 0 Å². The summed E-state index contributed by atoms with van der Waals surface area (Å²) in [7, 11) is -4.23. The molecule has 0 aromatic heterocycles. The van der Waals surface area contributed by atoms with Gasteiger partial charge in [-0.05, 0) is 35.9 Å². The van der Waals surface area contributed by atoms with Gasteiger partial charge in [-0.25, -0.2) is 17.2 Å². The van der Waals surface area contributed by atoms with Crippen LogP contribution in [0.4, 0.5) is 14.5 Å².